The van der Waals surface area contributed by atoms with Crippen LogP contribution in [0.3, 0.4) is 0 Å². The number of nitrogens with one attached hydrogen (secondary N) is 1. The normalized spacial score (nSPS) is 16.3. The van der Waals surface area contributed by atoms with E-state index in [0.717, 1.165) is 44.4 Å². The summed E-state index contributed by atoms with van der Waals surface area (Å²) in [6.07, 6.45) is 3.09. The molecule has 0 amide bonds. The summed E-state index contributed by atoms with van der Waals surface area (Å²) >= 11 is 0. The summed E-state index contributed by atoms with van der Waals surface area (Å²) in [5.41, 5.74) is 2.54. The third kappa shape index (κ3) is 4.93. The number of guanidine groups is 1. The van der Waals surface area contributed by atoms with E-state index in [1.165, 1.54) is 11.3 Å². The topological polar surface area (TPSA) is 41.8 Å². The van der Waals surface area contributed by atoms with E-state index >= 15 is 0 Å². The van der Waals surface area contributed by atoms with Crippen molar-refractivity contribution in [1.82, 2.24) is 14.8 Å². The largest absolute Gasteiger partial charge is 0.493 e. The molecule has 26 heavy (non-hydrogen) atoms. The van der Waals surface area contributed by atoms with Gasteiger partial charge >= 0.3 is 0 Å². The van der Waals surface area contributed by atoms with Crippen molar-refractivity contribution in [3.63, 3.8) is 0 Å². The molecule has 5 nitrogen and oxygen atoms in total. The molecule has 0 saturated carbocycles. The Hall–Kier alpha value is -1.70. The van der Waals surface area contributed by atoms with E-state index in [4.69, 9.17) is 9.73 Å². The molecular weight excluding hydrogens is 439 g/mol. The number of benzene rings is 1. The Labute approximate surface area is 173 Å². The van der Waals surface area contributed by atoms with E-state index in [-0.39, 0.29) is 24.0 Å². The molecule has 0 fully saturated rings. The maximum atomic E-state index is 5.76. The monoisotopic (exact) mass is 468 g/mol. The number of rotatable bonds is 5. The molecule has 1 aliphatic heterocycles. The van der Waals surface area contributed by atoms with Gasteiger partial charge in [-0.15, -0.1) is 24.0 Å². The summed E-state index contributed by atoms with van der Waals surface area (Å²) in [7, 11) is 4.17. The molecule has 0 aliphatic carbocycles. The van der Waals surface area contributed by atoms with Gasteiger partial charge in [0, 0.05) is 45.0 Å². The fraction of sp³-hybridized carbons (Fsp3) is 0.450. The van der Waals surface area contributed by atoms with Crippen molar-refractivity contribution in [1.29, 1.82) is 0 Å². The van der Waals surface area contributed by atoms with Crippen LogP contribution in [0.1, 0.15) is 30.5 Å². The van der Waals surface area contributed by atoms with Gasteiger partial charge in [0.25, 0.3) is 0 Å². The van der Waals surface area contributed by atoms with Crippen molar-refractivity contribution in [2.24, 2.45) is 12.0 Å². The Bertz CT molecular complexity index is 728. The first-order valence-corrected chi connectivity index (χ1v) is 9.00. The second kappa shape index (κ2) is 9.85. The summed E-state index contributed by atoms with van der Waals surface area (Å²) < 4.78 is 7.91. The first-order valence-electron chi connectivity index (χ1n) is 9.00. The van der Waals surface area contributed by atoms with Crippen LogP contribution in [-0.2, 0) is 13.6 Å². The van der Waals surface area contributed by atoms with Crippen molar-refractivity contribution >= 4 is 29.9 Å². The maximum absolute atomic E-state index is 5.76. The van der Waals surface area contributed by atoms with Crippen LogP contribution in [0, 0.1) is 0 Å². The van der Waals surface area contributed by atoms with Gasteiger partial charge in [-0.25, -0.2) is 0 Å². The van der Waals surface area contributed by atoms with Crippen molar-refractivity contribution in [2.75, 3.05) is 26.7 Å². The molecule has 1 unspecified atom stereocenters. The Morgan fingerprint density at radius 1 is 1.31 bits per heavy atom. The van der Waals surface area contributed by atoms with Gasteiger partial charge in [0.05, 0.1) is 13.2 Å². The second-order valence-corrected chi connectivity index (χ2v) is 6.53. The lowest BCUT2D eigenvalue weighted by Gasteiger charge is -2.26. The highest BCUT2D eigenvalue weighted by Gasteiger charge is 2.21. The number of halogens is 1. The maximum Gasteiger partial charge on any atom is 0.194 e. The van der Waals surface area contributed by atoms with Gasteiger partial charge in [0.2, 0.25) is 0 Å². The van der Waals surface area contributed by atoms with Crippen LogP contribution in [0.5, 0.6) is 5.75 Å². The highest BCUT2D eigenvalue weighted by atomic mass is 127. The Morgan fingerprint density at radius 2 is 2.12 bits per heavy atom. The Kier molecular flexibility index (Phi) is 7.81. The van der Waals surface area contributed by atoms with E-state index in [0.29, 0.717) is 5.92 Å². The second-order valence-electron chi connectivity index (χ2n) is 6.53. The predicted molar refractivity (Wildman–Crippen MR) is 118 cm³/mol. The molecule has 2 heterocycles. The van der Waals surface area contributed by atoms with Gasteiger partial charge in [-0.2, -0.15) is 0 Å². The summed E-state index contributed by atoms with van der Waals surface area (Å²) in [5.74, 6) is 2.38. The highest BCUT2D eigenvalue weighted by Crippen LogP contribution is 2.33. The first kappa shape index (κ1) is 20.6. The minimum absolute atomic E-state index is 0. The third-order valence-electron chi connectivity index (χ3n) is 4.69. The molecule has 3 rings (SSSR count). The fourth-order valence-electron chi connectivity index (χ4n) is 3.25. The number of para-hydroxylation sites is 1. The molecule has 142 valence electrons. The number of nitrogens with zero attached hydrogens (tertiary/aromatic N) is 3. The smallest absolute Gasteiger partial charge is 0.194 e. The van der Waals surface area contributed by atoms with Crippen molar-refractivity contribution in [2.45, 2.75) is 25.8 Å². The van der Waals surface area contributed by atoms with Crippen LogP contribution in [0.25, 0.3) is 0 Å². The molecular formula is C20H29IN4O. The third-order valence-corrected chi connectivity index (χ3v) is 4.69. The summed E-state index contributed by atoms with van der Waals surface area (Å²) in [6.45, 7) is 5.35. The molecule has 0 bridgehead atoms. The van der Waals surface area contributed by atoms with Crippen molar-refractivity contribution < 1.29 is 4.74 Å². The van der Waals surface area contributed by atoms with Crippen LogP contribution < -0.4 is 10.1 Å². The van der Waals surface area contributed by atoms with Crippen molar-refractivity contribution in [3.8, 4) is 5.75 Å². The zero-order valence-electron chi connectivity index (χ0n) is 15.8. The van der Waals surface area contributed by atoms with Gasteiger partial charge in [-0.3, -0.25) is 4.99 Å². The zero-order chi connectivity index (χ0) is 17.6. The number of hydrogen-bond donors (Lipinski definition) is 1. The lowest BCUT2D eigenvalue weighted by atomic mass is 9.93. The number of aromatic nitrogens is 1. The number of fused-ring (bicyclic) bond motifs is 1. The quantitative estimate of drug-likeness (QED) is 0.414. The van der Waals surface area contributed by atoms with Crippen molar-refractivity contribution in [3.05, 3.63) is 53.9 Å². The predicted octanol–water partition coefficient (Wildman–Crippen LogP) is 3.61. The van der Waals surface area contributed by atoms with Gasteiger partial charge in [0.1, 0.15) is 5.75 Å². The van der Waals surface area contributed by atoms with Crippen LogP contribution in [0.4, 0.5) is 0 Å². The van der Waals surface area contributed by atoms with E-state index in [2.05, 4.69) is 72.3 Å². The SMILES string of the molecule is CCNC(=NCC1CCOc2ccccc21)N(C)Cc1cccn1C.I. The van der Waals surface area contributed by atoms with E-state index < -0.39 is 0 Å². The molecule has 1 aromatic heterocycles. The molecule has 0 saturated heterocycles. The van der Waals surface area contributed by atoms with Gasteiger partial charge < -0.3 is 19.5 Å². The van der Waals surface area contributed by atoms with Crippen LogP contribution in [-0.4, -0.2) is 42.2 Å². The number of hydrogen-bond acceptors (Lipinski definition) is 2. The number of ether oxygens (including phenoxy) is 1. The first-order chi connectivity index (χ1) is 12.2. The number of aryl methyl sites for hydroxylation is 1. The van der Waals surface area contributed by atoms with Crippen LogP contribution in [0.2, 0.25) is 0 Å². The molecule has 0 spiro atoms. The molecule has 1 N–H and O–H groups in total. The Balaban J connectivity index is 0.00000243. The van der Waals surface area contributed by atoms with E-state index in [1.807, 2.05) is 6.07 Å². The van der Waals surface area contributed by atoms with E-state index in [1.54, 1.807) is 0 Å². The summed E-state index contributed by atoms with van der Waals surface area (Å²) in [4.78, 5) is 7.10. The molecule has 1 atom stereocenters. The minimum Gasteiger partial charge on any atom is -0.493 e. The fourth-order valence-corrected chi connectivity index (χ4v) is 3.25. The van der Waals surface area contributed by atoms with Gasteiger partial charge in [0.15, 0.2) is 5.96 Å². The molecule has 2 aromatic rings. The van der Waals surface area contributed by atoms with Gasteiger partial charge in [-0.05, 0) is 37.1 Å². The number of aliphatic imine (C=N–C) groups is 1. The average Bonchev–Trinajstić information content (AvgIpc) is 3.03. The highest BCUT2D eigenvalue weighted by molar-refractivity contribution is 14.0. The van der Waals surface area contributed by atoms with E-state index in [9.17, 15) is 0 Å². The molecule has 1 aromatic carbocycles. The summed E-state index contributed by atoms with van der Waals surface area (Å²) in [6, 6.07) is 12.5. The molecule has 0 radical (unpaired) electrons. The summed E-state index contributed by atoms with van der Waals surface area (Å²) in [5, 5.41) is 3.41. The van der Waals surface area contributed by atoms with Crippen LogP contribution in [0.15, 0.2) is 47.6 Å². The Morgan fingerprint density at radius 3 is 2.85 bits per heavy atom. The van der Waals surface area contributed by atoms with Crippen LogP contribution >= 0.6 is 24.0 Å². The lowest BCUT2D eigenvalue weighted by molar-refractivity contribution is 0.268. The zero-order valence-corrected chi connectivity index (χ0v) is 18.1. The van der Waals surface area contributed by atoms with Gasteiger partial charge in [-0.1, -0.05) is 18.2 Å². The standard InChI is InChI=1S/C20H28N4O.HI/c1-4-21-20(24(3)15-17-8-7-12-23(17)2)22-14-16-11-13-25-19-10-6-5-9-18(16)19;/h5-10,12,16H,4,11,13-15H2,1-3H3,(H,21,22);1H. The minimum atomic E-state index is 0. The average molecular weight is 468 g/mol. The lowest BCUT2D eigenvalue weighted by Crippen LogP contribution is -2.39. The molecule has 6 heteroatoms. The molecule has 1 aliphatic rings.